The highest BCUT2D eigenvalue weighted by Crippen LogP contribution is 2.31. The van der Waals surface area contributed by atoms with E-state index >= 15 is 0 Å². The zero-order valence-corrected chi connectivity index (χ0v) is 17.4. The van der Waals surface area contributed by atoms with Crippen LogP contribution in [-0.4, -0.2) is 51.4 Å². The van der Waals surface area contributed by atoms with Crippen molar-refractivity contribution in [1.82, 2.24) is 10.2 Å². The van der Waals surface area contributed by atoms with E-state index in [9.17, 15) is 14.9 Å². The van der Waals surface area contributed by atoms with Gasteiger partial charge in [0.15, 0.2) is 0 Å². The van der Waals surface area contributed by atoms with Gasteiger partial charge in [0.2, 0.25) is 5.91 Å². The standard InChI is InChI=1S/C21H25N3O2S2/c22-10-17-11-27-13-24(17)21(26)19-20(28-12-23-19)18(25)8-6-14-5-7-15-3-1-2-4-16(15)9-14/h1-4,14,17,19-20,23H,5-9,11-13H2/t14-,17-,19+,20?/m1/s1. The van der Waals surface area contributed by atoms with E-state index in [-0.39, 0.29) is 23.0 Å². The number of aryl methyl sites for hydroxylation is 1. The molecule has 5 nitrogen and oxygen atoms in total. The highest BCUT2D eigenvalue weighted by molar-refractivity contribution is 8.01. The number of Topliss-reactive ketones (excluding diaryl/α,β-unsaturated/α-hetero) is 1. The Morgan fingerprint density at radius 2 is 2.11 bits per heavy atom. The van der Waals surface area contributed by atoms with Crippen molar-refractivity contribution in [3.05, 3.63) is 35.4 Å². The Morgan fingerprint density at radius 1 is 1.29 bits per heavy atom. The highest BCUT2D eigenvalue weighted by Gasteiger charge is 2.42. The van der Waals surface area contributed by atoms with Crippen molar-refractivity contribution in [3.8, 4) is 6.07 Å². The molecule has 0 spiro atoms. The number of nitrogens with zero attached hydrogens (tertiary/aromatic N) is 2. The van der Waals surface area contributed by atoms with Gasteiger partial charge in [-0.15, -0.1) is 23.5 Å². The minimum atomic E-state index is -0.487. The first kappa shape index (κ1) is 19.8. The summed E-state index contributed by atoms with van der Waals surface area (Å²) < 4.78 is 0. The number of carbonyl (C=O) groups excluding carboxylic acids is 2. The van der Waals surface area contributed by atoms with Crippen LogP contribution in [-0.2, 0) is 22.4 Å². The number of nitriles is 1. The topological polar surface area (TPSA) is 73.2 Å². The van der Waals surface area contributed by atoms with Gasteiger partial charge >= 0.3 is 0 Å². The number of fused-ring (bicyclic) bond motifs is 1. The Morgan fingerprint density at radius 3 is 2.93 bits per heavy atom. The number of hydrogen-bond acceptors (Lipinski definition) is 6. The van der Waals surface area contributed by atoms with E-state index in [1.54, 1.807) is 16.7 Å². The molecule has 28 heavy (non-hydrogen) atoms. The lowest BCUT2D eigenvalue weighted by Crippen LogP contribution is -2.51. The van der Waals surface area contributed by atoms with E-state index < -0.39 is 6.04 Å². The molecule has 1 aliphatic carbocycles. The minimum Gasteiger partial charge on any atom is -0.315 e. The second-order valence-electron chi connectivity index (χ2n) is 7.75. The Labute approximate surface area is 174 Å². The smallest absolute Gasteiger partial charge is 0.243 e. The summed E-state index contributed by atoms with van der Waals surface area (Å²) in [5.74, 6) is 2.44. The van der Waals surface area contributed by atoms with Gasteiger partial charge in [0.05, 0.1) is 17.2 Å². The molecule has 7 heteroatoms. The van der Waals surface area contributed by atoms with Gasteiger partial charge in [0, 0.05) is 18.1 Å². The van der Waals surface area contributed by atoms with Gasteiger partial charge in [-0.25, -0.2) is 0 Å². The number of hydrogen-bond donors (Lipinski definition) is 1. The third-order valence-electron chi connectivity index (χ3n) is 6.01. The SMILES string of the molecule is N#C[C@@H]1CSCN1C(=O)[C@H]1NCSC1C(=O)CC[C@H]1CCc2ccccc2C1. The van der Waals surface area contributed by atoms with Crippen molar-refractivity contribution in [2.24, 2.45) is 5.92 Å². The lowest BCUT2D eigenvalue weighted by atomic mass is 9.81. The summed E-state index contributed by atoms with van der Waals surface area (Å²) in [6.07, 6.45) is 4.71. The van der Waals surface area contributed by atoms with Crippen LogP contribution in [0.2, 0.25) is 0 Å². The number of rotatable bonds is 5. The first-order chi connectivity index (χ1) is 13.7. The molecule has 1 aromatic rings. The minimum absolute atomic E-state index is 0.0912. The van der Waals surface area contributed by atoms with Crippen LogP contribution in [0, 0.1) is 17.2 Å². The number of carbonyl (C=O) groups is 2. The zero-order chi connectivity index (χ0) is 19.5. The summed E-state index contributed by atoms with van der Waals surface area (Å²) in [4.78, 5) is 27.5. The van der Waals surface area contributed by atoms with Crippen molar-refractivity contribution in [2.45, 2.75) is 49.4 Å². The van der Waals surface area contributed by atoms with Crippen molar-refractivity contribution >= 4 is 35.2 Å². The van der Waals surface area contributed by atoms with Crippen LogP contribution < -0.4 is 5.32 Å². The second-order valence-corrected chi connectivity index (χ2v) is 9.88. The van der Waals surface area contributed by atoms with E-state index in [2.05, 4.69) is 35.7 Å². The van der Waals surface area contributed by atoms with Gasteiger partial charge in [0.25, 0.3) is 0 Å². The summed E-state index contributed by atoms with van der Waals surface area (Å²) in [6.45, 7) is 0. The molecule has 1 unspecified atom stereocenters. The Hall–Kier alpha value is -1.49. The Kier molecular flexibility index (Phi) is 6.29. The first-order valence-electron chi connectivity index (χ1n) is 9.89. The molecule has 1 amide bonds. The molecule has 148 valence electrons. The normalized spacial score (nSPS) is 29.3. The summed E-state index contributed by atoms with van der Waals surface area (Å²) in [7, 11) is 0. The van der Waals surface area contributed by atoms with Crippen LogP contribution in [0.1, 0.15) is 30.4 Å². The molecule has 2 fully saturated rings. The maximum atomic E-state index is 12.9. The zero-order valence-electron chi connectivity index (χ0n) is 15.8. The predicted octanol–water partition coefficient (Wildman–Crippen LogP) is 2.60. The third-order valence-corrected chi connectivity index (χ3v) is 8.25. The Balaban J connectivity index is 1.33. The monoisotopic (exact) mass is 415 g/mol. The lowest BCUT2D eigenvalue weighted by molar-refractivity contribution is -0.134. The van der Waals surface area contributed by atoms with Crippen LogP contribution in [0.15, 0.2) is 24.3 Å². The average molecular weight is 416 g/mol. The van der Waals surface area contributed by atoms with E-state index in [0.717, 1.165) is 25.7 Å². The number of amides is 1. The fraction of sp³-hybridized carbons (Fsp3) is 0.571. The third kappa shape index (κ3) is 4.10. The van der Waals surface area contributed by atoms with E-state index in [0.29, 0.717) is 29.8 Å². The van der Waals surface area contributed by atoms with Crippen LogP contribution in [0.5, 0.6) is 0 Å². The van der Waals surface area contributed by atoms with Crippen LogP contribution in [0.3, 0.4) is 0 Å². The van der Waals surface area contributed by atoms with E-state index in [1.807, 2.05) is 0 Å². The van der Waals surface area contributed by atoms with Crippen molar-refractivity contribution in [2.75, 3.05) is 17.5 Å². The van der Waals surface area contributed by atoms with Crippen LogP contribution in [0.25, 0.3) is 0 Å². The fourth-order valence-electron chi connectivity index (χ4n) is 4.38. The number of nitrogens with one attached hydrogen (secondary N) is 1. The maximum absolute atomic E-state index is 12.9. The van der Waals surface area contributed by atoms with Crippen LogP contribution in [0.4, 0.5) is 0 Å². The molecule has 4 rings (SSSR count). The molecule has 2 saturated heterocycles. The quantitative estimate of drug-likeness (QED) is 0.797. The molecule has 1 aromatic carbocycles. The molecule has 1 N–H and O–H groups in total. The van der Waals surface area contributed by atoms with E-state index in [1.165, 1.54) is 22.9 Å². The summed E-state index contributed by atoms with van der Waals surface area (Å²) in [6, 6.07) is 9.94. The molecule has 0 aromatic heterocycles. The van der Waals surface area contributed by atoms with Crippen molar-refractivity contribution in [1.29, 1.82) is 5.26 Å². The first-order valence-corrected chi connectivity index (χ1v) is 12.1. The predicted molar refractivity (Wildman–Crippen MR) is 113 cm³/mol. The molecule has 2 aliphatic heterocycles. The lowest BCUT2D eigenvalue weighted by Gasteiger charge is -2.26. The second kappa shape index (κ2) is 8.89. The maximum Gasteiger partial charge on any atom is 0.243 e. The largest absolute Gasteiger partial charge is 0.315 e. The van der Waals surface area contributed by atoms with Gasteiger partial charge in [-0.1, -0.05) is 24.3 Å². The molecule has 4 atom stereocenters. The Bertz CT molecular complexity index is 794. The molecule has 0 radical (unpaired) electrons. The fourth-order valence-corrected chi connectivity index (χ4v) is 6.63. The van der Waals surface area contributed by atoms with Gasteiger partial charge < -0.3 is 4.90 Å². The van der Waals surface area contributed by atoms with Gasteiger partial charge in [0.1, 0.15) is 17.9 Å². The number of ketones is 1. The molecule has 0 bridgehead atoms. The summed E-state index contributed by atoms with van der Waals surface area (Å²) in [5.41, 5.74) is 2.87. The van der Waals surface area contributed by atoms with Gasteiger partial charge in [-0.3, -0.25) is 14.9 Å². The molecule has 0 saturated carbocycles. The molecular weight excluding hydrogens is 390 g/mol. The van der Waals surface area contributed by atoms with Crippen molar-refractivity contribution < 1.29 is 9.59 Å². The molecular formula is C21H25N3O2S2. The van der Waals surface area contributed by atoms with Gasteiger partial charge in [-0.05, 0) is 42.7 Å². The summed E-state index contributed by atoms with van der Waals surface area (Å²) >= 11 is 3.13. The highest BCUT2D eigenvalue weighted by atomic mass is 32.2. The summed E-state index contributed by atoms with van der Waals surface area (Å²) in [5, 5.41) is 12.1. The van der Waals surface area contributed by atoms with E-state index in [4.69, 9.17) is 0 Å². The molecule has 3 aliphatic rings. The van der Waals surface area contributed by atoms with Crippen LogP contribution >= 0.6 is 23.5 Å². The molecule has 2 heterocycles. The average Bonchev–Trinajstić information content (AvgIpc) is 3.40. The number of benzene rings is 1. The van der Waals surface area contributed by atoms with Crippen molar-refractivity contribution in [3.63, 3.8) is 0 Å². The van der Waals surface area contributed by atoms with Gasteiger partial charge in [-0.2, -0.15) is 5.26 Å². The number of thioether (sulfide) groups is 2.